The first-order valence-corrected chi connectivity index (χ1v) is 3.97. The number of carbonyl (C=O) groups is 1. The summed E-state index contributed by atoms with van der Waals surface area (Å²) in [6.07, 6.45) is 5.33. The topological polar surface area (TPSA) is 39.2 Å². The molecule has 0 saturated heterocycles. The van der Waals surface area contributed by atoms with Crippen LogP contribution in [0.25, 0.3) is 0 Å². The highest BCUT2D eigenvalue weighted by Gasteiger charge is 2.26. The van der Waals surface area contributed by atoms with Crippen LogP contribution in [-0.4, -0.2) is 17.1 Å². The van der Waals surface area contributed by atoms with Crippen molar-refractivity contribution in [2.45, 2.75) is 18.9 Å². The van der Waals surface area contributed by atoms with Crippen LogP contribution in [0.15, 0.2) is 24.5 Å². The van der Waals surface area contributed by atoms with Gasteiger partial charge in [0.15, 0.2) is 0 Å². The van der Waals surface area contributed by atoms with E-state index in [0.717, 1.165) is 12.8 Å². The number of esters is 1. The summed E-state index contributed by atoms with van der Waals surface area (Å²) in [6, 6.07) is 3.43. The maximum absolute atomic E-state index is 11.2. The summed E-state index contributed by atoms with van der Waals surface area (Å²) in [5.41, 5.74) is 0.532. The molecule has 1 fully saturated rings. The van der Waals surface area contributed by atoms with E-state index < -0.39 is 0 Å². The first-order chi connectivity index (χ1) is 5.86. The number of carbonyl (C=O) groups excluding carboxylic acids is 1. The molecule has 3 heteroatoms. The van der Waals surface area contributed by atoms with Crippen molar-refractivity contribution in [3.63, 3.8) is 0 Å². The first-order valence-electron chi connectivity index (χ1n) is 3.97. The molecular weight excluding hydrogens is 154 g/mol. The van der Waals surface area contributed by atoms with Crippen molar-refractivity contribution >= 4 is 5.97 Å². The second-order valence-electron chi connectivity index (χ2n) is 2.85. The van der Waals surface area contributed by atoms with Crippen LogP contribution in [0.4, 0.5) is 0 Å². The Hall–Kier alpha value is -1.38. The average molecular weight is 163 g/mol. The van der Waals surface area contributed by atoms with Crippen molar-refractivity contribution in [1.29, 1.82) is 0 Å². The SMILES string of the molecule is O=C(OC1CC1)c1cccnc1. The van der Waals surface area contributed by atoms with Crippen LogP contribution in [0, 0.1) is 0 Å². The molecule has 1 aliphatic rings. The van der Waals surface area contributed by atoms with E-state index in [4.69, 9.17) is 4.74 Å². The van der Waals surface area contributed by atoms with Gasteiger partial charge in [0.1, 0.15) is 6.10 Å². The summed E-state index contributed by atoms with van der Waals surface area (Å²) >= 11 is 0. The fraction of sp³-hybridized carbons (Fsp3) is 0.333. The smallest absolute Gasteiger partial charge is 0.339 e. The third-order valence-electron chi connectivity index (χ3n) is 1.70. The maximum atomic E-state index is 11.2. The van der Waals surface area contributed by atoms with E-state index in [2.05, 4.69) is 4.98 Å². The maximum Gasteiger partial charge on any atom is 0.339 e. The van der Waals surface area contributed by atoms with Crippen LogP contribution >= 0.6 is 0 Å². The minimum Gasteiger partial charge on any atom is -0.459 e. The van der Waals surface area contributed by atoms with E-state index in [1.54, 1.807) is 18.3 Å². The largest absolute Gasteiger partial charge is 0.459 e. The van der Waals surface area contributed by atoms with Gasteiger partial charge in [-0.05, 0) is 25.0 Å². The van der Waals surface area contributed by atoms with Gasteiger partial charge in [-0.3, -0.25) is 4.98 Å². The normalized spacial score (nSPS) is 15.7. The number of rotatable bonds is 2. The monoisotopic (exact) mass is 163 g/mol. The molecule has 0 atom stereocenters. The van der Waals surface area contributed by atoms with Crippen molar-refractivity contribution in [2.24, 2.45) is 0 Å². The lowest BCUT2D eigenvalue weighted by molar-refractivity contribution is 0.0472. The summed E-state index contributed by atoms with van der Waals surface area (Å²) in [5.74, 6) is -0.259. The van der Waals surface area contributed by atoms with E-state index in [9.17, 15) is 4.79 Å². The lowest BCUT2D eigenvalue weighted by Gasteiger charge is -2.00. The number of hydrogen-bond acceptors (Lipinski definition) is 3. The quantitative estimate of drug-likeness (QED) is 0.618. The molecular formula is C9H9NO2. The summed E-state index contributed by atoms with van der Waals surface area (Å²) < 4.78 is 5.07. The van der Waals surface area contributed by atoms with Crippen molar-refractivity contribution in [3.8, 4) is 0 Å². The number of aromatic nitrogens is 1. The molecule has 12 heavy (non-hydrogen) atoms. The molecule has 0 amide bonds. The van der Waals surface area contributed by atoms with Gasteiger partial charge in [0.25, 0.3) is 0 Å². The fourth-order valence-corrected chi connectivity index (χ4v) is 0.889. The van der Waals surface area contributed by atoms with Gasteiger partial charge in [0.05, 0.1) is 5.56 Å². The minimum atomic E-state index is -0.259. The highest BCUT2D eigenvalue weighted by Crippen LogP contribution is 2.24. The van der Waals surface area contributed by atoms with Gasteiger partial charge in [-0.15, -0.1) is 0 Å². The molecule has 1 heterocycles. The number of nitrogens with zero attached hydrogens (tertiary/aromatic N) is 1. The summed E-state index contributed by atoms with van der Waals surface area (Å²) in [4.78, 5) is 15.1. The molecule has 1 saturated carbocycles. The summed E-state index contributed by atoms with van der Waals surface area (Å²) in [5, 5.41) is 0. The number of hydrogen-bond donors (Lipinski definition) is 0. The van der Waals surface area contributed by atoms with Crippen molar-refractivity contribution in [2.75, 3.05) is 0 Å². The number of ether oxygens (including phenoxy) is 1. The van der Waals surface area contributed by atoms with Gasteiger partial charge in [-0.2, -0.15) is 0 Å². The number of pyridine rings is 1. The van der Waals surface area contributed by atoms with Crippen molar-refractivity contribution < 1.29 is 9.53 Å². The van der Waals surface area contributed by atoms with Crippen LogP contribution in [0.2, 0.25) is 0 Å². The van der Waals surface area contributed by atoms with E-state index in [1.165, 1.54) is 6.20 Å². The molecule has 0 aromatic carbocycles. The zero-order valence-corrected chi connectivity index (χ0v) is 6.56. The second-order valence-corrected chi connectivity index (χ2v) is 2.85. The Bertz CT molecular complexity index is 280. The van der Waals surface area contributed by atoms with Gasteiger partial charge in [-0.1, -0.05) is 0 Å². The molecule has 1 aliphatic carbocycles. The third kappa shape index (κ3) is 1.61. The molecule has 0 N–H and O–H groups in total. The molecule has 1 aromatic heterocycles. The Labute approximate surface area is 70.4 Å². The van der Waals surface area contributed by atoms with Gasteiger partial charge in [0.2, 0.25) is 0 Å². The Morgan fingerprint density at radius 2 is 2.42 bits per heavy atom. The van der Waals surface area contributed by atoms with Crippen LogP contribution in [0.5, 0.6) is 0 Å². The lowest BCUT2D eigenvalue weighted by Crippen LogP contribution is -2.06. The molecule has 3 nitrogen and oxygen atoms in total. The van der Waals surface area contributed by atoms with Crippen LogP contribution < -0.4 is 0 Å². The Kier molecular flexibility index (Phi) is 1.78. The second kappa shape index (κ2) is 2.93. The Morgan fingerprint density at radius 3 is 3.00 bits per heavy atom. The van der Waals surface area contributed by atoms with Crippen molar-refractivity contribution in [3.05, 3.63) is 30.1 Å². The first kappa shape index (κ1) is 7.28. The van der Waals surface area contributed by atoms with Crippen molar-refractivity contribution in [1.82, 2.24) is 4.98 Å². The molecule has 1 aromatic rings. The van der Waals surface area contributed by atoms with Gasteiger partial charge >= 0.3 is 5.97 Å². The standard InChI is InChI=1S/C9H9NO2/c11-9(12-8-3-4-8)7-2-1-5-10-6-7/h1-2,5-6,8H,3-4H2. The van der Waals surface area contributed by atoms with E-state index in [0.29, 0.717) is 5.56 Å². The molecule has 0 spiro atoms. The van der Waals surface area contributed by atoms with E-state index in [-0.39, 0.29) is 12.1 Å². The van der Waals surface area contributed by atoms with Gasteiger partial charge < -0.3 is 4.74 Å². The molecule has 0 aliphatic heterocycles. The summed E-state index contributed by atoms with van der Waals surface area (Å²) in [6.45, 7) is 0. The predicted octanol–water partition coefficient (Wildman–Crippen LogP) is 1.40. The fourth-order valence-electron chi connectivity index (χ4n) is 0.889. The lowest BCUT2D eigenvalue weighted by atomic mass is 10.3. The average Bonchev–Trinajstić information content (AvgIpc) is 2.90. The van der Waals surface area contributed by atoms with E-state index >= 15 is 0 Å². The molecule has 0 unspecified atom stereocenters. The molecule has 0 bridgehead atoms. The highest BCUT2D eigenvalue weighted by molar-refractivity contribution is 5.89. The van der Waals surface area contributed by atoms with Crippen LogP contribution in [0.3, 0.4) is 0 Å². The zero-order chi connectivity index (χ0) is 8.39. The predicted molar refractivity (Wildman–Crippen MR) is 42.7 cm³/mol. The third-order valence-corrected chi connectivity index (χ3v) is 1.70. The highest BCUT2D eigenvalue weighted by atomic mass is 16.5. The molecule has 2 rings (SSSR count). The van der Waals surface area contributed by atoms with Gasteiger partial charge in [-0.25, -0.2) is 4.79 Å². The zero-order valence-electron chi connectivity index (χ0n) is 6.56. The molecule has 62 valence electrons. The molecule has 0 radical (unpaired) electrons. The Balaban J connectivity index is 2.03. The Morgan fingerprint density at radius 1 is 1.58 bits per heavy atom. The summed E-state index contributed by atoms with van der Waals surface area (Å²) in [7, 11) is 0. The van der Waals surface area contributed by atoms with Gasteiger partial charge in [0, 0.05) is 12.4 Å². The minimum absolute atomic E-state index is 0.165. The van der Waals surface area contributed by atoms with E-state index in [1.807, 2.05) is 0 Å². The van der Waals surface area contributed by atoms with Crippen LogP contribution in [-0.2, 0) is 4.74 Å². The van der Waals surface area contributed by atoms with Crippen LogP contribution in [0.1, 0.15) is 23.2 Å².